The normalized spacial score (nSPS) is 31.1. The molecule has 1 fully saturated rings. The van der Waals surface area contributed by atoms with Crippen molar-refractivity contribution in [3.8, 4) is 0 Å². The molecular formula is C10H16F2N3O14P3. The number of phosphoric acid groups is 3. The number of aromatic amines is 1. The fraction of sp³-hybridized carbons (Fsp3) is 0.700. The Kier molecular flexibility index (Phi) is 7.79. The zero-order chi connectivity index (χ0) is 24.7. The maximum Gasteiger partial charge on any atom is 0.490 e. The number of aliphatic hydroxyl groups excluding tert-OH is 1. The van der Waals surface area contributed by atoms with E-state index in [0.717, 1.165) is 6.92 Å². The van der Waals surface area contributed by atoms with Crippen LogP contribution >= 0.6 is 23.5 Å². The highest BCUT2D eigenvalue weighted by atomic mass is 31.3. The van der Waals surface area contributed by atoms with Gasteiger partial charge in [-0.3, -0.25) is 14.3 Å². The second kappa shape index (κ2) is 9.21. The molecule has 2 rings (SSSR count). The second-order valence-electron chi connectivity index (χ2n) is 6.24. The van der Waals surface area contributed by atoms with Crippen molar-refractivity contribution < 1.29 is 65.0 Å². The Morgan fingerprint density at radius 1 is 1.25 bits per heavy atom. The van der Waals surface area contributed by atoms with E-state index in [1.165, 1.54) is 0 Å². The summed E-state index contributed by atoms with van der Waals surface area (Å²) in [6, 6.07) is 0. The highest BCUT2D eigenvalue weighted by Gasteiger charge is 2.61. The van der Waals surface area contributed by atoms with Crippen LogP contribution in [0.25, 0.3) is 0 Å². The van der Waals surface area contributed by atoms with Gasteiger partial charge in [-0.25, -0.2) is 27.3 Å². The number of phosphoric ester groups is 1. The van der Waals surface area contributed by atoms with Crippen LogP contribution in [0, 0.1) is 0 Å². The van der Waals surface area contributed by atoms with Crippen molar-refractivity contribution in [2.24, 2.45) is 0 Å². The van der Waals surface area contributed by atoms with Gasteiger partial charge in [0.1, 0.15) is 25.1 Å². The third kappa shape index (κ3) is 6.22. The fourth-order valence-corrected chi connectivity index (χ4v) is 5.83. The lowest BCUT2D eigenvalue weighted by atomic mass is 9.95. The van der Waals surface area contributed by atoms with Crippen molar-refractivity contribution >= 4 is 23.5 Å². The monoisotopic (exact) mass is 533 g/mol. The first-order valence-electron chi connectivity index (χ1n) is 7.99. The SMILES string of the molecule is C[C@@H](OP(=O)(O)OP(=O)(O)OP(=O)(O)O)[C@H]1O[C@@H](n2ncc(=O)[nH]c2=O)[C@@](F)(CF)C1O. The molecule has 1 aromatic rings. The predicted octanol–water partition coefficient (Wildman–Crippen LogP) is -1.40. The van der Waals surface area contributed by atoms with Crippen molar-refractivity contribution in [2.75, 3.05) is 6.67 Å². The molecule has 0 spiro atoms. The van der Waals surface area contributed by atoms with Crippen LogP contribution in [0.15, 0.2) is 15.8 Å². The molecule has 6 N–H and O–H groups in total. The Hall–Kier alpha value is -1.20. The van der Waals surface area contributed by atoms with Gasteiger partial charge in [0.15, 0.2) is 6.23 Å². The van der Waals surface area contributed by atoms with E-state index in [9.17, 15) is 37.7 Å². The number of halogens is 2. The molecule has 2 heterocycles. The first-order valence-corrected chi connectivity index (χ1v) is 12.5. The Bertz CT molecular complexity index is 1110. The minimum Gasteiger partial charge on any atom is -0.387 e. The van der Waals surface area contributed by atoms with E-state index in [1.807, 2.05) is 0 Å². The summed E-state index contributed by atoms with van der Waals surface area (Å²) in [7, 11) is -17.2. The maximum atomic E-state index is 15.1. The van der Waals surface area contributed by atoms with Gasteiger partial charge in [0.2, 0.25) is 5.67 Å². The van der Waals surface area contributed by atoms with Crippen LogP contribution in [0.3, 0.4) is 0 Å². The number of alkyl halides is 2. The molecule has 184 valence electrons. The predicted molar refractivity (Wildman–Crippen MR) is 93.3 cm³/mol. The number of H-pyrrole nitrogens is 1. The minimum atomic E-state index is -5.87. The lowest BCUT2D eigenvalue weighted by molar-refractivity contribution is -0.0919. The van der Waals surface area contributed by atoms with Gasteiger partial charge in [-0.1, -0.05) is 0 Å². The lowest BCUT2D eigenvalue weighted by Crippen LogP contribution is -2.49. The van der Waals surface area contributed by atoms with Gasteiger partial charge in [-0.05, 0) is 6.92 Å². The molecule has 1 aromatic heterocycles. The number of aliphatic hydroxyl groups is 1. The minimum absolute atomic E-state index is 0.141. The zero-order valence-corrected chi connectivity index (χ0v) is 18.2. The number of rotatable bonds is 9. The largest absolute Gasteiger partial charge is 0.490 e. The van der Waals surface area contributed by atoms with Crippen LogP contribution in [0.5, 0.6) is 0 Å². The van der Waals surface area contributed by atoms with Gasteiger partial charge >= 0.3 is 29.2 Å². The van der Waals surface area contributed by atoms with Crippen molar-refractivity contribution in [3.63, 3.8) is 0 Å². The Labute approximate surface area is 175 Å². The highest BCUT2D eigenvalue weighted by Crippen LogP contribution is 2.66. The number of nitrogens with one attached hydrogen (secondary N) is 1. The van der Waals surface area contributed by atoms with Gasteiger partial charge in [0.25, 0.3) is 5.56 Å². The summed E-state index contributed by atoms with van der Waals surface area (Å²) in [5.74, 6) is 0. The summed E-state index contributed by atoms with van der Waals surface area (Å²) in [5.41, 5.74) is -5.73. The molecule has 17 nitrogen and oxygen atoms in total. The van der Waals surface area contributed by atoms with Crippen molar-refractivity contribution in [2.45, 2.75) is 37.1 Å². The molecule has 0 aromatic carbocycles. The van der Waals surface area contributed by atoms with E-state index in [1.54, 1.807) is 4.98 Å². The molecule has 0 bridgehead atoms. The number of aromatic nitrogens is 3. The van der Waals surface area contributed by atoms with Crippen LogP contribution in [-0.4, -0.2) is 70.1 Å². The molecule has 0 radical (unpaired) electrons. The van der Waals surface area contributed by atoms with Crippen molar-refractivity contribution in [1.82, 2.24) is 14.8 Å². The van der Waals surface area contributed by atoms with E-state index in [0.29, 0.717) is 6.20 Å². The van der Waals surface area contributed by atoms with Crippen LogP contribution < -0.4 is 11.2 Å². The Morgan fingerprint density at radius 3 is 2.34 bits per heavy atom. The summed E-state index contributed by atoms with van der Waals surface area (Å²) in [6.07, 6.45) is -8.25. The van der Waals surface area contributed by atoms with Gasteiger partial charge in [0.05, 0.1) is 6.10 Å². The van der Waals surface area contributed by atoms with Crippen molar-refractivity contribution in [3.05, 3.63) is 27.0 Å². The molecule has 32 heavy (non-hydrogen) atoms. The molecule has 1 aliphatic heterocycles. The van der Waals surface area contributed by atoms with Crippen LogP contribution in [0.2, 0.25) is 0 Å². The molecule has 3 unspecified atom stereocenters. The van der Waals surface area contributed by atoms with Crippen molar-refractivity contribution in [1.29, 1.82) is 0 Å². The van der Waals surface area contributed by atoms with E-state index in [4.69, 9.17) is 19.4 Å². The summed E-state index contributed by atoms with van der Waals surface area (Å²) in [6.45, 7) is -1.14. The molecule has 1 aliphatic rings. The number of ether oxygens (including phenoxy) is 1. The van der Waals surface area contributed by atoms with E-state index in [2.05, 4.69) is 18.2 Å². The summed E-state index contributed by atoms with van der Waals surface area (Å²) < 4.78 is 79.0. The van der Waals surface area contributed by atoms with E-state index < -0.39 is 71.6 Å². The van der Waals surface area contributed by atoms with E-state index in [-0.39, 0.29) is 4.68 Å². The standard InChI is InChI=1S/C10H16F2N3O14P3/c1-4(27-31(22,23)29-32(24,25)28-30(19,20)21)6-7(17)10(12,3-11)8(26-6)15-9(18)14-5(16)2-13-15/h2,4,6-8,17H,3H2,1H3,(H,22,23)(H,24,25)(H,14,16,18)(H2,19,20,21)/t4-,6-,7?,8-,10-/m1/s1. The molecule has 0 amide bonds. The third-order valence-corrected chi connectivity index (χ3v) is 7.77. The molecular weight excluding hydrogens is 517 g/mol. The van der Waals surface area contributed by atoms with Gasteiger partial charge < -0.3 is 29.4 Å². The average Bonchev–Trinajstić information content (AvgIpc) is 2.84. The van der Waals surface area contributed by atoms with Crippen LogP contribution in [0.1, 0.15) is 13.2 Å². The van der Waals surface area contributed by atoms with Gasteiger partial charge in [0, 0.05) is 0 Å². The third-order valence-electron chi connectivity index (χ3n) is 3.84. The maximum absolute atomic E-state index is 15.1. The topological polar surface area (TPSA) is 257 Å². The Morgan fingerprint density at radius 2 is 1.84 bits per heavy atom. The number of hydrogen-bond donors (Lipinski definition) is 6. The fourth-order valence-electron chi connectivity index (χ4n) is 2.63. The number of nitrogens with zero attached hydrogens (tertiary/aromatic N) is 2. The van der Waals surface area contributed by atoms with Gasteiger partial charge in [-0.15, -0.1) is 0 Å². The zero-order valence-electron chi connectivity index (χ0n) is 15.5. The second-order valence-corrected chi connectivity index (χ2v) is 10.6. The highest BCUT2D eigenvalue weighted by molar-refractivity contribution is 7.66. The molecule has 0 saturated carbocycles. The summed E-state index contributed by atoms with van der Waals surface area (Å²) in [4.78, 5) is 60.2. The molecule has 1 saturated heterocycles. The smallest absolute Gasteiger partial charge is 0.387 e. The lowest BCUT2D eigenvalue weighted by Gasteiger charge is -2.26. The van der Waals surface area contributed by atoms with E-state index >= 15 is 4.39 Å². The molecule has 7 atom stereocenters. The van der Waals surface area contributed by atoms with Gasteiger partial charge in [-0.2, -0.15) is 18.4 Å². The summed E-state index contributed by atoms with van der Waals surface area (Å²) in [5, 5.41) is 13.4. The van der Waals surface area contributed by atoms with Crippen LogP contribution in [-0.2, 0) is 31.6 Å². The average molecular weight is 533 g/mol. The first kappa shape index (κ1) is 27.0. The summed E-state index contributed by atoms with van der Waals surface area (Å²) >= 11 is 0. The first-order chi connectivity index (χ1) is 14.4. The molecule has 0 aliphatic carbocycles. The Balaban J connectivity index is 2.26. The van der Waals surface area contributed by atoms with Crippen LogP contribution in [0.4, 0.5) is 8.78 Å². The quantitative estimate of drug-likeness (QED) is 0.200. The molecule has 22 heteroatoms. The number of hydrogen-bond acceptors (Lipinski definition) is 11.